The molecule has 1 heterocycles. The molecular weight excluding hydrogens is 368 g/mol. The number of nitro groups is 1. The second-order valence-corrected chi connectivity index (χ2v) is 7.07. The molecule has 0 unspecified atom stereocenters. The second kappa shape index (κ2) is 8.30. The highest BCUT2D eigenvalue weighted by Gasteiger charge is 2.36. The number of hydrogen-bond acceptors (Lipinski definition) is 6. The summed E-state index contributed by atoms with van der Waals surface area (Å²) in [5, 5.41) is 11.0. The summed E-state index contributed by atoms with van der Waals surface area (Å²) in [5.74, 6) is 1.59. The first-order valence-corrected chi connectivity index (χ1v) is 9.45. The Hall–Kier alpha value is -2.74. The highest BCUT2D eigenvalue weighted by molar-refractivity contribution is 8.00. The molecular formula is C19H20N2O5S. The number of para-hydroxylation sites is 1. The number of hydrogen-bond donors (Lipinski definition) is 0. The Labute approximate surface area is 161 Å². The van der Waals surface area contributed by atoms with Crippen molar-refractivity contribution >= 4 is 23.4 Å². The van der Waals surface area contributed by atoms with Gasteiger partial charge in [0, 0.05) is 12.6 Å². The lowest BCUT2D eigenvalue weighted by atomic mass is 10.1. The molecule has 8 heteroatoms. The fraction of sp³-hybridized carbons (Fsp3) is 0.316. The van der Waals surface area contributed by atoms with Gasteiger partial charge in [-0.3, -0.25) is 14.9 Å². The molecule has 0 saturated carbocycles. The summed E-state index contributed by atoms with van der Waals surface area (Å²) in [7, 11) is 3.15. The molecule has 2 aromatic rings. The minimum atomic E-state index is -0.398. The van der Waals surface area contributed by atoms with Crippen LogP contribution in [0.2, 0.25) is 0 Å². The molecule has 0 spiro atoms. The van der Waals surface area contributed by atoms with Crippen molar-refractivity contribution in [1.82, 2.24) is 4.90 Å². The third kappa shape index (κ3) is 4.00. The number of methoxy groups -OCH3 is 2. The van der Waals surface area contributed by atoms with Gasteiger partial charge in [-0.25, -0.2) is 0 Å². The minimum absolute atomic E-state index is 0.0105. The number of carbonyl (C=O) groups excluding carboxylic acids is 1. The fourth-order valence-electron chi connectivity index (χ4n) is 3.10. The van der Waals surface area contributed by atoms with E-state index in [0.29, 0.717) is 35.8 Å². The molecule has 142 valence electrons. The summed E-state index contributed by atoms with van der Waals surface area (Å²) in [6.45, 7) is 0.470. The molecule has 1 saturated heterocycles. The second-order valence-electron chi connectivity index (χ2n) is 6.01. The number of carbonyl (C=O) groups is 1. The topological polar surface area (TPSA) is 81.9 Å². The SMILES string of the molecule is COc1ccc(CCN2C(=O)CS[C@H]2c2ccccc2[N+](=O)[O-])cc1OC. The maximum absolute atomic E-state index is 12.4. The summed E-state index contributed by atoms with van der Waals surface area (Å²) in [6.07, 6.45) is 0.615. The van der Waals surface area contributed by atoms with E-state index in [1.807, 2.05) is 18.2 Å². The van der Waals surface area contributed by atoms with E-state index in [9.17, 15) is 14.9 Å². The van der Waals surface area contributed by atoms with Crippen molar-refractivity contribution in [3.63, 3.8) is 0 Å². The van der Waals surface area contributed by atoms with Gasteiger partial charge in [0.1, 0.15) is 5.37 Å². The summed E-state index contributed by atoms with van der Waals surface area (Å²) >= 11 is 1.42. The van der Waals surface area contributed by atoms with Crippen LogP contribution < -0.4 is 9.47 Å². The van der Waals surface area contributed by atoms with Crippen molar-refractivity contribution in [1.29, 1.82) is 0 Å². The molecule has 1 amide bonds. The number of ether oxygens (including phenoxy) is 2. The summed E-state index contributed by atoms with van der Waals surface area (Å²) in [4.78, 5) is 25.0. The maximum atomic E-state index is 12.4. The van der Waals surface area contributed by atoms with E-state index in [-0.39, 0.29) is 17.0 Å². The van der Waals surface area contributed by atoms with Gasteiger partial charge in [0.05, 0.1) is 30.5 Å². The predicted molar refractivity (Wildman–Crippen MR) is 103 cm³/mol. The van der Waals surface area contributed by atoms with E-state index in [2.05, 4.69) is 0 Å². The summed E-state index contributed by atoms with van der Waals surface area (Å²) < 4.78 is 10.6. The third-order valence-corrected chi connectivity index (χ3v) is 5.69. The van der Waals surface area contributed by atoms with E-state index in [1.165, 1.54) is 17.8 Å². The fourth-order valence-corrected chi connectivity index (χ4v) is 4.35. The Morgan fingerprint density at radius 1 is 1.19 bits per heavy atom. The Kier molecular flexibility index (Phi) is 5.85. The molecule has 0 bridgehead atoms. The van der Waals surface area contributed by atoms with Crippen LogP contribution >= 0.6 is 11.8 Å². The van der Waals surface area contributed by atoms with E-state index in [4.69, 9.17) is 9.47 Å². The van der Waals surface area contributed by atoms with Crippen LogP contribution in [0.1, 0.15) is 16.5 Å². The van der Waals surface area contributed by atoms with Crippen LogP contribution in [0.4, 0.5) is 5.69 Å². The van der Waals surface area contributed by atoms with Crippen molar-refractivity contribution < 1.29 is 19.2 Å². The zero-order chi connectivity index (χ0) is 19.4. The van der Waals surface area contributed by atoms with Crippen LogP contribution in [0, 0.1) is 10.1 Å². The van der Waals surface area contributed by atoms with Gasteiger partial charge in [-0.05, 0) is 30.2 Å². The molecule has 1 fully saturated rings. The van der Waals surface area contributed by atoms with E-state index < -0.39 is 4.92 Å². The maximum Gasteiger partial charge on any atom is 0.275 e. The zero-order valence-corrected chi connectivity index (χ0v) is 15.9. The average molecular weight is 388 g/mol. The summed E-state index contributed by atoms with van der Waals surface area (Å²) in [6, 6.07) is 12.2. The smallest absolute Gasteiger partial charge is 0.275 e. The molecule has 0 aliphatic carbocycles. The minimum Gasteiger partial charge on any atom is -0.493 e. The quantitative estimate of drug-likeness (QED) is 0.534. The van der Waals surface area contributed by atoms with E-state index in [0.717, 1.165) is 5.56 Å². The van der Waals surface area contributed by atoms with E-state index >= 15 is 0 Å². The zero-order valence-electron chi connectivity index (χ0n) is 15.1. The van der Waals surface area contributed by atoms with Gasteiger partial charge in [-0.15, -0.1) is 11.8 Å². The number of nitro benzene ring substituents is 1. The van der Waals surface area contributed by atoms with Crippen LogP contribution in [0.5, 0.6) is 11.5 Å². The molecule has 1 aliphatic heterocycles. The van der Waals surface area contributed by atoms with Gasteiger partial charge in [0.2, 0.25) is 5.91 Å². The van der Waals surface area contributed by atoms with Gasteiger partial charge < -0.3 is 14.4 Å². The lowest BCUT2D eigenvalue weighted by Crippen LogP contribution is -2.30. The van der Waals surface area contributed by atoms with Crippen LogP contribution in [0.25, 0.3) is 0 Å². The highest BCUT2D eigenvalue weighted by Crippen LogP contribution is 2.42. The number of nitrogens with zero attached hydrogens (tertiary/aromatic N) is 2. The number of rotatable bonds is 7. The molecule has 27 heavy (non-hydrogen) atoms. The van der Waals surface area contributed by atoms with Crippen molar-refractivity contribution in [2.45, 2.75) is 11.8 Å². The molecule has 1 atom stereocenters. The van der Waals surface area contributed by atoms with Gasteiger partial charge in [0.15, 0.2) is 11.5 Å². The van der Waals surface area contributed by atoms with Crippen molar-refractivity contribution in [2.24, 2.45) is 0 Å². The van der Waals surface area contributed by atoms with Crippen LogP contribution in [-0.2, 0) is 11.2 Å². The first-order chi connectivity index (χ1) is 13.0. The van der Waals surface area contributed by atoms with Gasteiger partial charge in [-0.2, -0.15) is 0 Å². The average Bonchev–Trinajstić information content (AvgIpc) is 3.06. The first-order valence-electron chi connectivity index (χ1n) is 8.40. The standard InChI is InChI=1S/C19H20N2O5S/c1-25-16-8-7-13(11-17(16)26-2)9-10-20-18(22)12-27-19(20)14-5-3-4-6-15(14)21(23)24/h3-8,11,19H,9-10,12H2,1-2H3/t19-/m0/s1. The number of amides is 1. The van der Waals surface area contributed by atoms with Crippen LogP contribution in [-0.4, -0.2) is 42.2 Å². The molecule has 0 N–H and O–H groups in total. The van der Waals surface area contributed by atoms with Gasteiger partial charge >= 0.3 is 0 Å². The molecule has 2 aromatic carbocycles. The van der Waals surface area contributed by atoms with Crippen LogP contribution in [0.3, 0.4) is 0 Å². The van der Waals surface area contributed by atoms with Gasteiger partial charge in [0.25, 0.3) is 5.69 Å². The largest absolute Gasteiger partial charge is 0.493 e. The normalized spacial score (nSPS) is 16.4. The molecule has 7 nitrogen and oxygen atoms in total. The molecule has 3 rings (SSSR count). The number of thioether (sulfide) groups is 1. The lowest BCUT2D eigenvalue weighted by Gasteiger charge is -2.24. The Morgan fingerprint density at radius 3 is 2.63 bits per heavy atom. The first kappa shape index (κ1) is 19.0. The van der Waals surface area contributed by atoms with E-state index in [1.54, 1.807) is 37.3 Å². The third-order valence-electron chi connectivity index (χ3n) is 4.46. The van der Waals surface area contributed by atoms with Crippen molar-refractivity contribution in [3.05, 3.63) is 63.7 Å². The highest BCUT2D eigenvalue weighted by atomic mass is 32.2. The Balaban J connectivity index is 1.79. The Morgan fingerprint density at radius 2 is 1.93 bits per heavy atom. The monoisotopic (exact) mass is 388 g/mol. The van der Waals surface area contributed by atoms with Crippen LogP contribution in [0.15, 0.2) is 42.5 Å². The molecule has 0 radical (unpaired) electrons. The number of benzene rings is 2. The molecule has 1 aliphatic rings. The summed E-state index contributed by atoms with van der Waals surface area (Å²) in [5.41, 5.74) is 1.60. The van der Waals surface area contributed by atoms with Crippen molar-refractivity contribution in [3.8, 4) is 11.5 Å². The molecule has 0 aromatic heterocycles. The Bertz CT molecular complexity index is 858. The predicted octanol–water partition coefficient (Wildman–Crippen LogP) is 3.43. The lowest BCUT2D eigenvalue weighted by molar-refractivity contribution is -0.385. The van der Waals surface area contributed by atoms with Gasteiger partial charge in [-0.1, -0.05) is 18.2 Å². The van der Waals surface area contributed by atoms with Crippen molar-refractivity contribution in [2.75, 3.05) is 26.5 Å².